The van der Waals surface area contributed by atoms with Crippen LogP contribution in [0.5, 0.6) is 11.8 Å². The number of nitrogens with zero attached hydrogens (tertiary/aromatic N) is 5. The third kappa shape index (κ3) is 5.81. The average Bonchev–Trinajstić information content (AvgIpc) is 3.61. The Balaban J connectivity index is 1.37. The first kappa shape index (κ1) is 31.8. The smallest absolute Gasteiger partial charge is 0.319 e. The van der Waals surface area contributed by atoms with E-state index in [-0.39, 0.29) is 45.9 Å². The molecule has 0 radical (unpaired) electrons. The number of hydrogen-bond acceptors (Lipinski definition) is 8. The molecule has 2 aromatic carbocycles. The first-order valence-electron chi connectivity index (χ1n) is 16.7. The summed E-state index contributed by atoms with van der Waals surface area (Å²) in [5, 5.41) is 15.4. The predicted molar refractivity (Wildman–Crippen MR) is 185 cm³/mol. The molecule has 1 amide bonds. The van der Waals surface area contributed by atoms with Gasteiger partial charge in [-0.25, -0.2) is 4.39 Å². The fourth-order valence-corrected chi connectivity index (χ4v) is 8.07. The minimum absolute atomic E-state index is 0.0196. The molecule has 3 fully saturated rings. The van der Waals surface area contributed by atoms with Gasteiger partial charge < -0.3 is 20.1 Å². The van der Waals surface area contributed by atoms with E-state index in [1.54, 1.807) is 24.4 Å². The zero-order chi connectivity index (χ0) is 33.6. The number of halogens is 1. The van der Waals surface area contributed by atoms with E-state index in [4.69, 9.17) is 16.1 Å². The lowest BCUT2D eigenvalue weighted by Gasteiger charge is -2.31. The van der Waals surface area contributed by atoms with Crippen molar-refractivity contribution in [1.82, 2.24) is 25.2 Å². The zero-order valence-electron chi connectivity index (χ0n) is 27.6. The van der Waals surface area contributed by atoms with E-state index in [1.807, 2.05) is 6.07 Å². The Kier molecular flexibility index (Phi) is 8.20. The van der Waals surface area contributed by atoms with E-state index in [2.05, 4.69) is 51.4 Å². The van der Waals surface area contributed by atoms with Crippen molar-refractivity contribution in [1.29, 1.82) is 0 Å². The van der Waals surface area contributed by atoms with Crippen molar-refractivity contribution in [3.63, 3.8) is 0 Å². The Morgan fingerprint density at radius 3 is 2.75 bits per heavy atom. The largest absolute Gasteiger partial charge is 0.508 e. The van der Waals surface area contributed by atoms with Crippen molar-refractivity contribution >= 4 is 33.4 Å². The Labute approximate surface area is 280 Å². The molecule has 5 heterocycles. The monoisotopic (exact) mass is 648 g/mol. The molecule has 2 aromatic heterocycles. The van der Waals surface area contributed by atoms with Gasteiger partial charge in [-0.3, -0.25) is 14.7 Å². The highest BCUT2D eigenvalue weighted by Crippen LogP contribution is 2.41. The Hall–Kier alpha value is -4.75. The number of anilines is 1. The lowest BCUT2D eigenvalue weighted by atomic mass is 9.84. The number of rotatable bonds is 7. The Morgan fingerprint density at radius 2 is 2.00 bits per heavy atom. The number of pyridine rings is 1. The molecule has 3 saturated heterocycles. The van der Waals surface area contributed by atoms with Gasteiger partial charge in [-0.05, 0) is 86.7 Å². The molecule has 1 atom stereocenters. The van der Waals surface area contributed by atoms with Gasteiger partial charge in [-0.15, -0.1) is 6.42 Å². The summed E-state index contributed by atoms with van der Waals surface area (Å²) in [5.41, 5.74) is 0.900. The van der Waals surface area contributed by atoms with Gasteiger partial charge in [-0.2, -0.15) is 9.97 Å². The van der Waals surface area contributed by atoms with E-state index in [1.165, 1.54) is 12.1 Å². The van der Waals surface area contributed by atoms with Crippen LogP contribution in [0.2, 0.25) is 0 Å². The highest BCUT2D eigenvalue weighted by Gasteiger charge is 2.45. The Bertz CT molecular complexity index is 1960. The van der Waals surface area contributed by atoms with Crippen LogP contribution in [0.3, 0.4) is 0 Å². The number of phenolic OH excluding ortho intramolecular Hbond substituents is 1. The molecule has 0 spiro atoms. The highest BCUT2D eigenvalue weighted by atomic mass is 19.1. The summed E-state index contributed by atoms with van der Waals surface area (Å²) in [7, 11) is 0. The summed E-state index contributed by atoms with van der Waals surface area (Å²) < 4.78 is 23.4. The normalized spacial score (nSPS) is 20.3. The first-order valence-corrected chi connectivity index (χ1v) is 16.7. The van der Waals surface area contributed by atoms with Crippen molar-refractivity contribution in [3.8, 4) is 35.4 Å². The van der Waals surface area contributed by atoms with Crippen LogP contribution >= 0.6 is 0 Å². The number of ether oxygens (including phenoxy) is 1. The number of carbonyl (C=O) groups is 1. The number of aromatic nitrogens is 3. The van der Waals surface area contributed by atoms with Crippen LogP contribution in [0.4, 0.5) is 10.2 Å². The van der Waals surface area contributed by atoms with Crippen LogP contribution in [0.25, 0.3) is 32.9 Å². The SMILES string of the molecule is C#Cc1cccc2cc(O)cc(-c3ncc4c(N5CCC(C)(C)C[C@@H](NC(=O)C=C)C5)nc(OCC56CCCN5CCC6)nc4c3F)c12. The number of amides is 1. The fraction of sp³-hybridized carbons (Fsp3) is 0.421. The van der Waals surface area contributed by atoms with Crippen molar-refractivity contribution in [3.05, 3.63) is 60.6 Å². The zero-order valence-corrected chi connectivity index (χ0v) is 27.6. The van der Waals surface area contributed by atoms with Gasteiger partial charge >= 0.3 is 6.01 Å². The van der Waals surface area contributed by atoms with Crippen molar-refractivity contribution in [2.75, 3.05) is 37.7 Å². The van der Waals surface area contributed by atoms with Gasteiger partial charge in [0.25, 0.3) is 0 Å². The van der Waals surface area contributed by atoms with Crippen molar-refractivity contribution < 1.29 is 19.0 Å². The number of terminal acetylenes is 1. The molecule has 3 aliphatic heterocycles. The fourth-order valence-electron chi connectivity index (χ4n) is 8.07. The summed E-state index contributed by atoms with van der Waals surface area (Å²) in [4.78, 5) is 31.2. The minimum atomic E-state index is -0.659. The molecule has 0 bridgehead atoms. The molecule has 4 aromatic rings. The second kappa shape index (κ2) is 12.4. The molecule has 248 valence electrons. The average molecular weight is 649 g/mol. The van der Waals surface area contributed by atoms with Gasteiger partial charge in [0.15, 0.2) is 5.82 Å². The third-order valence-electron chi connectivity index (χ3n) is 10.4. The number of aromatic hydroxyl groups is 1. The van der Waals surface area contributed by atoms with Gasteiger partial charge in [0.05, 0.1) is 10.9 Å². The molecule has 2 N–H and O–H groups in total. The van der Waals surface area contributed by atoms with Gasteiger partial charge in [0.2, 0.25) is 5.91 Å². The second-order valence-electron chi connectivity index (χ2n) is 14.2. The number of benzene rings is 2. The van der Waals surface area contributed by atoms with Gasteiger partial charge in [0, 0.05) is 41.8 Å². The number of nitrogens with one attached hydrogen (secondary N) is 1. The Morgan fingerprint density at radius 1 is 1.21 bits per heavy atom. The van der Waals surface area contributed by atoms with Gasteiger partial charge in [0.1, 0.15) is 29.4 Å². The summed E-state index contributed by atoms with van der Waals surface area (Å²) in [6.07, 6.45) is 14.6. The van der Waals surface area contributed by atoms with Crippen LogP contribution in [0, 0.1) is 23.6 Å². The molecule has 0 aliphatic carbocycles. The summed E-state index contributed by atoms with van der Waals surface area (Å²) in [6, 6.07) is 8.40. The van der Waals surface area contributed by atoms with Crippen LogP contribution in [-0.4, -0.2) is 75.2 Å². The van der Waals surface area contributed by atoms with Crippen LogP contribution < -0.4 is 15.0 Å². The predicted octanol–water partition coefficient (Wildman–Crippen LogP) is 5.98. The second-order valence-corrected chi connectivity index (χ2v) is 14.2. The molecule has 48 heavy (non-hydrogen) atoms. The maximum absolute atomic E-state index is 17.0. The van der Waals surface area contributed by atoms with E-state index < -0.39 is 5.82 Å². The molecule has 3 aliphatic rings. The third-order valence-corrected chi connectivity index (χ3v) is 10.4. The summed E-state index contributed by atoms with van der Waals surface area (Å²) in [5.74, 6) is 2.26. The lowest BCUT2D eigenvalue weighted by Crippen LogP contribution is -2.44. The van der Waals surface area contributed by atoms with E-state index in [0.29, 0.717) is 52.8 Å². The minimum Gasteiger partial charge on any atom is -0.508 e. The van der Waals surface area contributed by atoms with Crippen LogP contribution in [0.15, 0.2) is 49.2 Å². The standard InChI is InChI=1S/C38H41FN6O3/c1-5-24-10-7-11-25-18-27(46)19-28(31(24)25)33-32(39)34-29(21-40-33)35(44-17-14-37(3,4)20-26(22-44)41-30(47)6-2)43-36(42-34)48-23-38-12-8-15-45(38)16-9-13-38/h1,6-7,10-11,18-19,21,26,46H,2,8-9,12-17,20,22-23H2,3-4H3,(H,41,47)/t26-/m1/s1. The lowest BCUT2D eigenvalue weighted by molar-refractivity contribution is -0.117. The maximum Gasteiger partial charge on any atom is 0.319 e. The number of phenols is 1. The van der Waals surface area contributed by atoms with E-state index in [0.717, 1.165) is 51.6 Å². The summed E-state index contributed by atoms with van der Waals surface area (Å²) in [6.45, 7) is 11.6. The van der Waals surface area contributed by atoms with Crippen molar-refractivity contribution in [2.24, 2.45) is 5.41 Å². The summed E-state index contributed by atoms with van der Waals surface area (Å²) >= 11 is 0. The molecule has 0 unspecified atom stereocenters. The maximum atomic E-state index is 17.0. The molecule has 9 nitrogen and oxygen atoms in total. The molecule has 10 heteroatoms. The topological polar surface area (TPSA) is 104 Å². The first-order chi connectivity index (χ1) is 23.1. The highest BCUT2D eigenvalue weighted by molar-refractivity contribution is 6.02. The molecule has 7 rings (SSSR count). The van der Waals surface area contributed by atoms with Crippen molar-refractivity contribution in [2.45, 2.75) is 64.0 Å². The quantitative estimate of drug-likeness (QED) is 0.187. The van der Waals surface area contributed by atoms with E-state index >= 15 is 4.39 Å². The molecule has 0 saturated carbocycles. The number of hydrogen-bond donors (Lipinski definition) is 2. The number of fused-ring (bicyclic) bond motifs is 3. The van der Waals surface area contributed by atoms with Crippen LogP contribution in [0.1, 0.15) is 57.9 Å². The molecular weight excluding hydrogens is 607 g/mol. The molecular formula is C38H41FN6O3. The van der Waals surface area contributed by atoms with Gasteiger partial charge in [-0.1, -0.05) is 38.5 Å². The number of carbonyl (C=O) groups excluding carboxylic acids is 1. The van der Waals surface area contributed by atoms with Crippen LogP contribution in [-0.2, 0) is 4.79 Å². The van der Waals surface area contributed by atoms with E-state index in [9.17, 15) is 9.90 Å².